The van der Waals surface area contributed by atoms with E-state index in [2.05, 4.69) is 5.32 Å². The summed E-state index contributed by atoms with van der Waals surface area (Å²) in [7, 11) is 0. The second-order valence-corrected chi connectivity index (χ2v) is 5.45. The smallest absolute Gasteiger partial charge is 0.251 e. The fourth-order valence-electron chi connectivity index (χ4n) is 1.77. The quantitative estimate of drug-likeness (QED) is 0.882. The average molecular weight is 278 g/mol. The third kappa shape index (κ3) is 3.75. The van der Waals surface area contributed by atoms with E-state index in [1.807, 2.05) is 19.1 Å². The number of thioether (sulfide) groups is 1. The van der Waals surface area contributed by atoms with E-state index in [9.17, 15) is 4.79 Å². The monoisotopic (exact) mass is 278 g/mol. The van der Waals surface area contributed by atoms with Crippen molar-refractivity contribution in [2.75, 3.05) is 18.9 Å². The molecule has 102 valence electrons. The van der Waals surface area contributed by atoms with Crippen LogP contribution in [0.15, 0.2) is 34.9 Å². The van der Waals surface area contributed by atoms with E-state index in [0.29, 0.717) is 18.7 Å². The van der Waals surface area contributed by atoms with E-state index in [-0.39, 0.29) is 5.91 Å². The van der Waals surface area contributed by atoms with Gasteiger partial charge in [-0.25, -0.2) is 0 Å². The largest absolute Gasteiger partial charge is 0.496 e. The van der Waals surface area contributed by atoms with Crippen LogP contribution in [0.4, 0.5) is 0 Å². The molecule has 1 aliphatic rings. The molecule has 0 saturated heterocycles. The summed E-state index contributed by atoms with van der Waals surface area (Å²) < 4.78 is 5.45. The van der Waals surface area contributed by atoms with E-state index < -0.39 is 0 Å². The van der Waals surface area contributed by atoms with E-state index in [0.717, 1.165) is 28.6 Å². The van der Waals surface area contributed by atoms with Crippen LogP contribution in [0.1, 0.15) is 22.8 Å². The lowest BCUT2D eigenvalue weighted by Gasteiger charge is -2.18. The minimum absolute atomic E-state index is 0.0740. The molecular formula is C14H18N2O2S. The Labute approximate surface area is 117 Å². The molecule has 0 aromatic heterocycles. The van der Waals surface area contributed by atoms with Crippen LogP contribution in [0.2, 0.25) is 0 Å². The maximum absolute atomic E-state index is 12.0. The van der Waals surface area contributed by atoms with Gasteiger partial charge in [0, 0.05) is 22.8 Å². The van der Waals surface area contributed by atoms with Crippen LogP contribution in [0, 0.1) is 0 Å². The summed E-state index contributed by atoms with van der Waals surface area (Å²) in [6.07, 6.45) is 0. The minimum Gasteiger partial charge on any atom is -0.496 e. The third-order valence-corrected chi connectivity index (χ3v) is 4.08. The molecule has 4 nitrogen and oxygen atoms in total. The van der Waals surface area contributed by atoms with Gasteiger partial charge in [-0.05, 0) is 24.6 Å². The van der Waals surface area contributed by atoms with Crippen LogP contribution < -0.4 is 11.1 Å². The van der Waals surface area contributed by atoms with Crippen LogP contribution in [0.5, 0.6) is 0 Å². The highest BCUT2D eigenvalue weighted by molar-refractivity contribution is 8.03. The first kappa shape index (κ1) is 14.0. The number of amides is 1. The molecule has 3 N–H and O–H groups in total. The zero-order valence-corrected chi connectivity index (χ0v) is 11.8. The van der Waals surface area contributed by atoms with Gasteiger partial charge in [-0.1, -0.05) is 12.1 Å². The SMILES string of the molecule is CC1=C(CNC(=O)c2ccc(CN)cc2)SCCO1. The second kappa shape index (κ2) is 6.63. The Morgan fingerprint density at radius 3 is 2.79 bits per heavy atom. The number of benzene rings is 1. The topological polar surface area (TPSA) is 64.4 Å². The van der Waals surface area contributed by atoms with Crippen molar-refractivity contribution < 1.29 is 9.53 Å². The van der Waals surface area contributed by atoms with Crippen molar-refractivity contribution in [2.45, 2.75) is 13.5 Å². The van der Waals surface area contributed by atoms with Crippen molar-refractivity contribution in [1.82, 2.24) is 5.32 Å². The van der Waals surface area contributed by atoms with Crippen molar-refractivity contribution in [3.8, 4) is 0 Å². The third-order valence-electron chi connectivity index (χ3n) is 2.93. The maximum Gasteiger partial charge on any atom is 0.251 e. The van der Waals surface area contributed by atoms with Crippen molar-refractivity contribution in [3.05, 3.63) is 46.1 Å². The molecule has 0 fully saturated rings. The number of allylic oxidation sites excluding steroid dienone is 1. The molecule has 0 bridgehead atoms. The summed E-state index contributed by atoms with van der Waals surface area (Å²) in [6, 6.07) is 7.34. The zero-order chi connectivity index (χ0) is 13.7. The number of hydrogen-bond donors (Lipinski definition) is 2. The standard InChI is InChI=1S/C14H18N2O2S/c1-10-13(19-7-6-18-10)9-16-14(17)12-4-2-11(8-15)3-5-12/h2-5H,6-9,15H2,1H3,(H,16,17). The van der Waals surface area contributed by atoms with Gasteiger partial charge in [-0.3, -0.25) is 4.79 Å². The molecule has 5 heteroatoms. The summed E-state index contributed by atoms with van der Waals surface area (Å²) in [5.74, 6) is 1.78. The molecule has 1 aromatic rings. The zero-order valence-electron chi connectivity index (χ0n) is 10.9. The van der Waals surface area contributed by atoms with E-state index >= 15 is 0 Å². The lowest BCUT2D eigenvalue weighted by molar-refractivity contribution is 0.0957. The molecule has 0 spiro atoms. The summed E-state index contributed by atoms with van der Waals surface area (Å²) in [6.45, 7) is 3.69. The Balaban J connectivity index is 1.93. The van der Waals surface area contributed by atoms with Gasteiger partial charge in [-0.15, -0.1) is 11.8 Å². The minimum atomic E-state index is -0.0740. The summed E-state index contributed by atoms with van der Waals surface area (Å²) in [4.78, 5) is 13.1. The number of carbonyl (C=O) groups is 1. The summed E-state index contributed by atoms with van der Waals surface area (Å²) in [5.41, 5.74) is 7.19. The van der Waals surface area contributed by atoms with Crippen molar-refractivity contribution in [3.63, 3.8) is 0 Å². The number of carbonyl (C=O) groups excluding carboxylic acids is 1. The molecule has 0 aliphatic carbocycles. The Morgan fingerprint density at radius 2 is 2.16 bits per heavy atom. The molecule has 0 unspecified atom stereocenters. The Kier molecular flexibility index (Phi) is 4.87. The van der Waals surface area contributed by atoms with Gasteiger partial charge in [0.25, 0.3) is 5.91 Å². The Morgan fingerprint density at radius 1 is 1.42 bits per heavy atom. The predicted octanol–water partition coefficient (Wildman–Crippen LogP) is 1.87. The van der Waals surface area contributed by atoms with Gasteiger partial charge in [0.15, 0.2) is 0 Å². The molecular weight excluding hydrogens is 260 g/mol. The lowest BCUT2D eigenvalue weighted by Crippen LogP contribution is -2.26. The van der Waals surface area contributed by atoms with Crippen molar-refractivity contribution >= 4 is 17.7 Å². The molecule has 1 aliphatic heterocycles. The maximum atomic E-state index is 12.0. The fourth-order valence-corrected chi connectivity index (χ4v) is 2.62. The Hall–Kier alpha value is -1.46. The molecule has 2 rings (SSSR count). The van der Waals surface area contributed by atoms with Crippen molar-refractivity contribution in [2.24, 2.45) is 5.73 Å². The van der Waals surface area contributed by atoms with Gasteiger partial charge in [-0.2, -0.15) is 0 Å². The van der Waals surface area contributed by atoms with E-state index in [1.165, 1.54) is 0 Å². The molecule has 19 heavy (non-hydrogen) atoms. The average Bonchev–Trinajstić information content (AvgIpc) is 2.46. The molecule has 1 aromatic carbocycles. The van der Waals surface area contributed by atoms with Crippen molar-refractivity contribution in [1.29, 1.82) is 0 Å². The molecule has 1 heterocycles. The number of hydrogen-bond acceptors (Lipinski definition) is 4. The van der Waals surface area contributed by atoms with Gasteiger partial charge in [0.2, 0.25) is 0 Å². The van der Waals surface area contributed by atoms with Gasteiger partial charge < -0.3 is 15.8 Å². The lowest BCUT2D eigenvalue weighted by atomic mass is 10.1. The highest BCUT2D eigenvalue weighted by Gasteiger charge is 2.12. The van der Waals surface area contributed by atoms with Crippen LogP contribution in [0.3, 0.4) is 0 Å². The van der Waals surface area contributed by atoms with Gasteiger partial charge in [0.05, 0.1) is 13.2 Å². The van der Waals surface area contributed by atoms with Crippen LogP contribution >= 0.6 is 11.8 Å². The highest BCUT2D eigenvalue weighted by Crippen LogP contribution is 2.24. The number of rotatable bonds is 4. The number of nitrogens with two attached hydrogens (primary N) is 1. The highest BCUT2D eigenvalue weighted by atomic mass is 32.2. The second-order valence-electron chi connectivity index (χ2n) is 4.26. The van der Waals surface area contributed by atoms with E-state index in [4.69, 9.17) is 10.5 Å². The summed E-state index contributed by atoms with van der Waals surface area (Å²) in [5, 5.41) is 2.91. The molecule has 0 radical (unpaired) electrons. The first-order valence-electron chi connectivity index (χ1n) is 6.23. The molecule has 1 amide bonds. The fraction of sp³-hybridized carbons (Fsp3) is 0.357. The Bertz CT molecular complexity index is 483. The molecule has 0 atom stereocenters. The first-order chi connectivity index (χ1) is 9.20. The number of nitrogens with one attached hydrogen (secondary N) is 1. The molecule has 0 saturated carbocycles. The van der Waals surface area contributed by atoms with Crippen LogP contribution in [0.25, 0.3) is 0 Å². The normalized spacial score (nSPS) is 15.1. The van der Waals surface area contributed by atoms with Gasteiger partial charge >= 0.3 is 0 Å². The number of ether oxygens (including phenoxy) is 1. The van der Waals surface area contributed by atoms with Crippen LogP contribution in [-0.2, 0) is 11.3 Å². The predicted molar refractivity (Wildman–Crippen MR) is 77.8 cm³/mol. The van der Waals surface area contributed by atoms with Crippen LogP contribution in [-0.4, -0.2) is 24.8 Å². The summed E-state index contributed by atoms with van der Waals surface area (Å²) >= 11 is 1.74. The van der Waals surface area contributed by atoms with Gasteiger partial charge in [0.1, 0.15) is 5.76 Å². The first-order valence-corrected chi connectivity index (χ1v) is 7.22. The van der Waals surface area contributed by atoms with E-state index in [1.54, 1.807) is 23.9 Å².